The molecule has 0 fully saturated rings. The molecule has 0 unspecified atom stereocenters. The van der Waals surface area contributed by atoms with Crippen LogP contribution in [0.1, 0.15) is 6.92 Å². The molecular formula is C14H13N3O2. The first-order valence-electron chi connectivity index (χ1n) is 5.79. The van der Waals surface area contributed by atoms with E-state index in [4.69, 9.17) is 0 Å². The van der Waals surface area contributed by atoms with Crippen LogP contribution in [0, 0.1) is 0 Å². The minimum Gasteiger partial charge on any atom is -0.323 e. The van der Waals surface area contributed by atoms with Crippen molar-refractivity contribution in [2.24, 2.45) is 0 Å². The lowest BCUT2D eigenvalue weighted by atomic mass is 10.1. The van der Waals surface area contributed by atoms with Gasteiger partial charge in [0.2, 0.25) is 5.91 Å². The molecule has 1 aromatic heterocycles. The molecule has 0 spiro atoms. The van der Waals surface area contributed by atoms with E-state index in [0.717, 1.165) is 5.56 Å². The number of aromatic amines is 1. The lowest BCUT2D eigenvalue weighted by molar-refractivity contribution is -0.111. The molecule has 0 saturated heterocycles. The quantitative estimate of drug-likeness (QED) is 0.823. The van der Waals surface area contributed by atoms with Crippen molar-refractivity contribution < 1.29 is 4.79 Å². The SMILES string of the molecule is CC=CC(=O)Nc1ccc(-c2ccc(=O)[nH]n2)cc1. The van der Waals surface area contributed by atoms with Crippen LogP contribution in [0.2, 0.25) is 0 Å². The number of carbonyl (C=O) groups excluding carboxylic acids is 1. The summed E-state index contributed by atoms with van der Waals surface area (Å²) in [5, 5.41) is 9.04. The number of anilines is 1. The Labute approximate surface area is 110 Å². The van der Waals surface area contributed by atoms with E-state index in [1.54, 1.807) is 31.2 Å². The largest absolute Gasteiger partial charge is 0.323 e. The predicted octanol–water partition coefficient (Wildman–Crippen LogP) is 1.95. The normalized spacial score (nSPS) is 10.6. The van der Waals surface area contributed by atoms with Crippen LogP contribution in [-0.4, -0.2) is 16.1 Å². The predicted molar refractivity (Wildman–Crippen MR) is 73.7 cm³/mol. The molecule has 0 aliphatic heterocycles. The van der Waals surface area contributed by atoms with Crippen LogP contribution >= 0.6 is 0 Å². The molecule has 5 heteroatoms. The van der Waals surface area contributed by atoms with Crippen molar-refractivity contribution >= 4 is 11.6 Å². The Morgan fingerprint density at radius 2 is 1.95 bits per heavy atom. The zero-order chi connectivity index (χ0) is 13.7. The van der Waals surface area contributed by atoms with E-state index in [9.17, 15) is 9.59 Å². The minimum atomic E-state index is -0.237. The van der Waals surface area contributed by atoms with Gasteiger partial charge in [0.25, 0.3) is 5.56 Å². The minimum absolute atomic E-state index is 0.169. The van der Waals surface area contributed by atoms with Crippen LogP contribution in [0.4, 0.5) is 5.69 Å². The third-order valence-electron chi connectivity index (χ3n) is 2.45. The number of allylic oxidation sites excluding steroid dienone is 1. The molecule has 0 aliphatic rings. The van der Waals surface area contributed by atoms with Crippen molar-refractivity contribution in [2.75, 3.05) is 5.32 Å². The average Bonchev–Trinajstić information content (AvgIpc) is 2.41. The van der Waals surface area contributed by atoms with Crippen LogP contribution in [0.5, 0.6) is 0 Å². The number of carbonyl (C=O) groups is 1. The second kappa shape index (κ2) is 5.77. The van der Waals surface area contributed by atoms with E-state index < -0.39 is 0 Å². The molecule has 0 saturated carbocycles. The standard InChI is InChI=1S/C14H13N3O2/c1-2-3-13(18)15-11-6-4-10(5-7-11)12-8-9-14(19)17-16-12/h2-9H,1H3,(H,15,18)(H,17,19). The number of aromatic nitrogens is 2. The van der Waals surface area contributed by atoms with E-state index in [2.05, 4.69) is 15.5 Å². The second-order valence-corrected chi connectivity index (χ2v) is 3.87. The maximum Gasteiger partial charge on any atom is 0.264 e. The summed E-state index contributed by atoms with van der Waals surface area (Å²) in [6.45, 7) is 1.78. The van der Waals surface area contributed by atoms with Gasteiger partial charge in [0, 0.05) is 17.3 Å². The highest BCUT2D eigenvalue weighted by atomic mass is 16.1. The summed E-state index contributed by atoms with van der Waals surface area (Å²) in [6, 6.07) is 10.3. The zero-order valence-electron chi connectivity index (χ0n) is 10.4. The van der Waals surface area contributed by atoms with E-state index in [0.29, 0.717) is 11.4 Å². The zero-order valence-corrected chi connectivity index (χ0v) is 10.4. The number of benzene rings is 1. The Balaban J connectivity index is 2.16. The molecule has 1 amide bonds. The van der Waals surface area contributed by atoms with Gasteiger partial charge >= 0.3 is 0 Å². The first-order valence-corrected chi connectivity index (χ1v) is 5.79. The summed E-state index contributed by atoms with van der Waals surface area (Å²) in [4.78, 5) is 22.3. The van der Waals surface area contributed by atoms with Crippen LogP contribution in [0.25, 0.3) is 11.3 Å². The monoisotopic (exact) mass is 255 g/mol. The summed E-state index contributed by atoms with van der Waals surface area (Å²) in [5.74, 6) is -0.169. The van der Waals surface area contributed by atoms with Crippen molar-refractivity contribution in [1.82, 2.24) is 10.2 Å². The summed E-state index contributed by atoms with van der Waals surface area (Å²) < 4.78 is 0. The van der Waals surface area contributed by atoms with E-state index in [1.165, 1.54) is 12.1 Å². The van der Waals surface area contributed by atoms with Gasteiger partial charge in [0.05, 0.1) is 5.69 Å². The molecule has 0 aliphatic carbocycles. The fourth-order valence-corrected chi connectivity index (χ4v) is 1.56. The lowest BCUT2D eigenvalue weighted by Crippen LogP contribution is -2.07. The van der Waals surface area contributed by atoms with Gasteiger partial charge in [-0.1, -0.05) is 18.2 Å². The Morgan fingerprint density at radius 3 is 2.53 bits per heavy atom. The van der Waals surface area contributed by atoms with Gasteiger partial charge in [0.15, 0.2) is 0 Å². The first-order chi connectivity index (χ1) is 9.19. The summed E-state index contributed by atoms with van der Waals surface area (Å²) in [5.41, 5.74) is 2.00. The van der Waals surface area contributed by atoms with Crippen LogP contribution in [0.15, 0.2) is 53.3 Å². The third kappa shape index (κ3) is 3.38. The molecule has 5 nitrogen and oxygen atoms in total. The van der Waals surface area contributed by atoms with Gasteiger partial charge in [0.1, 0.15) is 0 Å². The smallest absolute Gasteiger partial charge is 0.264 e. The number of amides is 1. The molecular weight excluding hydrogens is 242 g/mol. The Hall–Kier alpha value is -2.69. The van der Waals surface area contributed by atoms with Gasteiger partial charge in [-0.3, -0.25) is 9.59 Å². The van der Waals surface area contributed by atoms with E-state index in [-0.39, 0.29) is 11.5 Å². The molecule has 0 bridgehead atoms. The number of rotatable bonds is 3. The molecule has 1 heterocycles. The van der Waals surface area contributed by atoms with Crippen LogP contribution in [-0.2, 0) is 4.79 Å². The van der Waals surface area contributed by atoms with Gasteiger partial charge in [-0.05, 0) is 31.2 Å². The molecule has 0 atom stereocenters. The van der Waals surface area contributed by atoms with Crippen LogP contribution in [0.3, 0.4) is 0 Å². The first kappa shape index (κ1) is 12.8. The number of hydrogen-bond donors (Lipinski definition) is 2. The highest BCUT2D eigenvalue weighted by Crippen LogP contribution is 2.18. The molecule has 2 aromatic rings. The number of hydrogen-bond acceptors (Lipinski definition) is 3. The van der Waals surface area contributed by atoms with Crippen molar-refractivity contribution in [2.45, 2.75) is 6.92 Å². The highest BCUT2D eigenvalue weighted by Gasteiger charge is 2.01. The number of H-pyrrole nitrogens is 1. The topological polar surface area (TPSA) is 74.8 Å². The molecule has 96 valence electrons. The van der Waals surface area contributed by atoms with Crippen molar-refractivity contribution in [3.63, 3.8) is 0 Å². The van der Waals surface area contributed by atoms with E-state index >= 15 is 0 Å². The molecule has 1 aromatic carbocycles. The molecule has 0 radical (unpaired) electrons. The molecule has 2 rings (SSSR count). The van der Waals surface area contributed by atoms with Gasteiger partial charge in [-0.2, -0.15) is 5.10 Å². The Bertz CT molecular complexity index is 637. The number of nitrogens with zero attached hydrogens (tertiary/aromatic N) is 1. The number of nitrogens with one attached hydrogen (secondary N) is 2. The van der Waals surface area contributed by atoms with Crippen molar-refractivity contribution in [3.05, 3.63) is 58.9 Å². The average molecular weight is 255 g/mol. The van der Waals surface area contributed by atoms with Gasteiger partial charge < -0.3 is 5.32 Å². The maximum absolute atomic E-state index is 11.4. The Morgan fingerprint density at radius 1 is 1.21 bits per heavy atom. The summed E-state index contributed by atoms with van der Waals surface area (Å²) in [7, 11) is 0. The highest BCUT2D eigenvalue weighted by molar-refractivity contribution is 5.99. The lowest BCUT2D eigenvalue weighted by Gasteiger charge is -2.04. The van der Waals surface area contributed by atoms with Crippen molar-refractivity contribution in [1.29, 1.82) is 0 Å². The summed E-state index contributed by atoms with van der Waals surface area (Å²) in [6.07, 6.45) is 3.13. The molecule has 2 N–H and O–H groups in total. The fourth-order valence-electron chi connectivity index (χ4n) is 1.56. The van der Waals surface area contributed by atoms with Gasteiger partial charge in [-0.15, -0.1) is 0 Å². The van der Waals surface area contributed by atoms with E-state index in [1.807, 2.05) is 12.1 Å². The molecule has 19 heavy (non-hydrogen) atoms. The van der Waals surface area contributed by atoms with Gasteiger partial charge in [-0.25, -0.2) is 5.10 Å². The maximum atomic E-state index is 11.4. The summed E-state index contributed by atoms with van der Waals surface area (Å²) >= 11 is 0. The van der Waals surface area contributed by atoms with Crippen LogP contribution < -0.4 is 10.9 Å². The second-order valence-electron chi connectivity index (χ2n) is 3.87. The Kier molecular flexibility index (Phi) is 3.87. The van der Waals surface area contributed by atoms with Crippen molar-refractivity contribution in [3.8, 4) is 11.3 Å². The fraction of sp³-hybridized carbons (Fsp3) is 0.0714. The third-order valence-corrected chi connectivity index (χ3v) is 2.45.